The molecule has 0 saturated carbocycles. The van der Waals surface area contributed by atoms with Crippen molar-refractivity contribution in [2.24, 2.45) is 0 Å². The minimum absolute atomic E-state index is 0.334. The fraction of sp³-hybridized carbons (Fsp3) is 0. The molecule has 1 N–H and O–H groups in total. The molecule has 0 radical (unpaired) electrons. The largest absolute Gasteiger partial charge is 0.289 e. The van der Waals surface area contributed by atoms with Crippen LogP contribution in [-0.2, 0) is 9.59 Å². The van der Waals surface area contributed by atoms with Gasteiger partial charge in [0, 0.05) is 6.08 Å². The highest BCUT2D eigenvalue weighted by Crippen LogP contribution is 2.19. The third kappa shape index (κ3) is 1.84. The summed E-state index contributed by atoms with van der Waals surface area (Å²) in [6.07, 6.45) is 6.23. The average molecular weight is 235 g/mol. The van der Waals surface area contributed by atoms with Crippen LogP contribution in [0.25, 0.3) is 0 Å². The van der Waals surface area contributed by atoms with Crippen LogP contribution in [0.1, 0.15) is 0 Å². The summed E-state index contributed by atoms with van der Waals surface area (Å²) in [6.45, 7) is 0. The molecule has 0 spiro atoms. The van der Waals surface area contributed by atoms with Crippen LogP contribution in [0.15, 0.2) is 35.5 Å². The highest BCUT2D eigenvalue weighted by atomic mass is 32.1. The highest BCUT2D eigenvalue weighted by Gasteiger charge is 2.24. The first-order chi connectivity index (χ1) is 7.08. The number of amides is 2. The zero-order valence-electron chi connectivity index (χ0n) is 7.44. The Morgan fingerprint density at radius 1 is 1.00 bits per heavy atom. The van der Waals surface area contributed by atoms with E-state index in [1.54, 1.807) is 18.2 Å². The number of carbonyl (C=O) groups is 2. The molecule has 0 unspecified atom stereocenters. The van der Waals surface area contributed by atoms with E-state index in [4.69, 9.17) is 24.4 Å². The number of imide groups is 1. The molecule has 2 aliphatic rings. The molecule has 2 amide bonds. The van der Waals surface area contributed by atoms with Crippen LogP contribution in [-0.4, -0.2) is 21.5 Å². The normalized spacial score (nSPS) is 20.3. The van der Waals surface area contributed by atoms with Crippen molar-refractivity contribution in [1.82, 2.24) is 5.32 Å². The summed E-state index contributed by atoms with van der Waals surface area (Å²) in [6, 6.07) is 0. The molecule has 0 aromatic heterocycles. The standard InChI is InChI=1S/C10H5NO2S2/c12-9-4-6(10(13)11-9)5-1-2-7(14)8(15)3-5/h1-4H,(H,11,12,13). The molecule has 74 valence electrons. The lowest BCUT2D eigenvalue weighted by atomic mass is 10.00. The second-order valence-corrected chi connectivity index (χ2v) is 3.92. The summed E-state index contributed by atoms with van der Waals surface area (Å²) in [5, 5.41) is 2.17. The molecule has 1 aliphatic heterocycles. The van der Waals surface area contributed by atoms with Gasteiger partial charge in [0.05, 0.1) is 15.3 Å². The fourth-order valence-corrected chi connectivity index (χ4v) is 1.62. The minimum Gasteiger partial charge on any atom is -0.289 e. The summed E-state index contributed by atoms with van der Waals surface area (Å²) in [5.41, 5.74) is 0.957. The van der Waals surface area contributed by atoms with Crippen LogP contribution in [0.2, 0.25) is 0 Å². The first-order valence-electron chi connectivity index (χ1n) is 4.13. The lowest BCUT2D eigenvalue weighted by molar-refractivity contribution is -0.123. The smallest absolute Gasteiger partial charge is 0.258 e. The molecule has 3 nitrogen and oxygen atoms in total. The van der Waals surface area contributed by atoms with Crippen molar-refractivity contribution in [2.75, 3.05) is 0 Å². The van der Waals surface area contributed by atoms with E-state index in [1.807, 2.05) is 0 Å². The van der Waals surface area contributed by atoms with Gasteiger partial charge >= 0.3 is 0 Å². The zero-order valence-corrected chi connectivity index (χ0v) is 9.08. The van der Waals surface area contributed by atoms with Gasteiger partial charge in [-0.25, -0.2) is 0 Å². The van der Waals surface area contributed by atoms with Crippen molar-refractivity contribution < 1.29 is 9.59 Å². The highest BCUT2D eigenvalue weighted by molar-refractivity contribution is 7.90. The predicted octanol–water partition coefficient (Wildman–Crippen LogP) is 0.805. The van der Waals surface area contributed by atoms with Crippen molar-refractivity contribution in [3.05, 3.63) is 35.5 Å². The Kier molecular flexibility index (Phi) is 2.42. The Bertz CT molecular complexity index is 498. The lowest BCUT2D eigenvalue weighted by Gasteiger charge is -2.07. The number of thiocarbonyl (C=S) groups is 2. The zero-order chi connectivity index (χ0) is 11.0. The van der Waals surface area contributed by atoms with Crippen molar-refractivity contribution in [2.45, 2.75) is 0 Å². The van der Waals surface area contributed by atoms with Gasteiger partial charge in [-0.05, 0) is 17.7 Å². The molecule has 0 aromatic rings. The first-order valence-corrected chi connectivity index (χ1v) is 4.95. The number of rotatable bonds is 1. The van der Waals surface area contributed by atoms with Crippen LogP contribution < -0.4 is 5.32 Å². The molecule has 0 saturated heterocycles. The Labute approximate surface area is 96.5 Å². The average Bonchev–Trinajstić information content (AvgIpc) is 2.50. The van der Waals surface area contributed by atoms with Gasteiger partial charge in [-0.1, -0.05) is 30.5 Å². The Hall–Kier alpha value is -1.46. The van der Waals surface area contributed by atoms with Gasteiger partial charge in [0.25, 0.3) is 11.8 Å². The van der Waals surface area contributed by atoms with E-state index in [9.17, 15) is 9.59 Å². The lowest BCUT2D eigenvalue weighted by Crippen LogP contribution is -2.23. The number of allylic oxidation sites excluding steroid dienone is 3. The molecular weight excluding hydrogens is 230 g/mol. The second kappa shape index (κ2) is 3.60. The van der Waals surface area contributed by atoms with Gasteiger partial charge in [0.15, 0.2) is 0 Å². The van der Waals surface area contributed by atoms with Crippen LogP contribution in [0, 0.1) is 0 Å². The maximum absolute atomic E-state index is 11.3. The van der Waals surface area contributed by atoms with E-state index < -0.39 is 11.8 Å². The maximum Gasteiger partial charge on any atom is 0.258 e. The third-order valence-corrected chi connectivity index (χ3v) is 2.83. The van der Waals surface area contributed by atoms with Crippen molar-refractivity contribution in [3.63, 3.8) is 0 Å². The molecule has 0 atom stereocenters. The molecule has 1 aliphatic carbocycles. The van der Waals surface area contributed by atoms with Gasteiger partial charge in [0.1, 0.15) is 0 Å². The van der Waals surface area contributed by atoms with Gasteiger partial charge in [0.2, 0.25) is 0 Å². The number of carbonyl (C=O) groups excluding carboxylic acids is 2. The van der Waals surface area contributed by atoms with Crippen LogP contribution >= 0.6 is 24.4 Å². The van der Waals surface area contributed by atoms with Crippen molar-refractivity contribution >= 4 is 46.0 Å². The summed E-state index contributed by atoms with van der Waals surface area (Å²) in [4.78, 5) is 23.3. The van der Waals surface area contributed by atoms with Gasteiger partial charge in [-0.15, -0.1) is 0 Å². The Morgan fingerprint density at radius 3 is 2.27 bits per heavy atom. The molecular formula is C10H5NO2S2. The van der Waals surface area contributed by atoms with Gasteiger partial charge < -0.3 is 0 Å². The van der Waals surface area contributed by atoms with Crippen LogP contribution in [0.5, 0.6) is 0 Å². The molecule has 2 rings (SSSR count). The van der Waals surface area contributed by atoms with E-state index in [1.165, 1.54) is 6.08 Å². The van der Waals surface area contributed by atoms with E-state index in [-0.39, 0.29) is 0 Å². The number of nitrogens with one attached hydrogen (secondary N) is 1. The fourth-order valence-electron chi connectivity index (χ4n) is 1.30. The first kappa shape index (κ1) is 10.1. The monoisotopic (exact) mass is 235 g/mol. The molecule has 5 heteroatoms. The summed E-state index contributed by atoms with van der Waals surface area (Å²) in [7, 11) is 0. The van der Waals surface area contributed by atoms with Crippen LogP contribution in [0.3, 0.4) is 0 Å². The topological polar surface area (TPSA) is 46.2 Å². The quantitative estimate of drug-likeness (QED) is 0.539. The predicted molar refractivity (Wildman–Crippen MR) is 63.7 cm³/mol. The van der Waals surface area contributed by atoms with E-state index in [0.717, 1.165) is 0 Å². The van der Waals surface area contributed by atoms with E-state index >= 15 is 0 Å². The van der Waals surface area contributed by atoms with Crippen LogP contribution in [0.4, 0.5) is 0 Å². The maximum atomic E-state index is 11.3. The minimum atomic E-state index is -0.400. The van der Waals surface area contributed by atoms with Crippen molar-refractivity contribution in [3.8, 4) is 0 Å². The molecule has 15 heavy (non-hydrogen) atoms. The second-order valence-electron chi connectivity index (χ2n) is 3.04. The molecule has 0 bridgehead atoms. The Balaban J connectivity index is 2.38. The molecule has 0 aromatic carbocycles. The van der Waals surface area contributed by atoms with E-state index in [2.05, 4.69) is 5.32 Å². The van der Waals surface area contributed by atoms with E-state index in [0.29, 0.717) is 20.9 Å². The summed E-state index contributed by atoms with van der Waals surface area (Å²) < 4.78 is 0. The number of hydrogen-bond acceptors (Lipinski definition) is 4. The van der Waals surface area contributed by atoms with Gasteiger partial charge in [-0.3, -0.25) is 14.9 Å². The van der Waals surface area contributed by atoms with Gasteiger partial charge in [-0.2, -0.15) is 0 Å². The summed E-state index contributed by atoms with van der Waals surface area (Å²) in [5.74, 6) is -0.796. The number of hydrogen-bond donors (Lipinski definition) is 1. The SMILES string of the molecule is O=C1C=C(C2=CC(=S)C(=S)C=C2)C(=O)N1. The third-order valence-electron chi connectivity index (χ3n) is 2.01. The molecule has 0 fully saturated rings. The Morgan fingerprint density at radius 2 is 1.73 bits per heavy atom. The van der Waals surface area contributed by atoms with Crippen molar-refractivity contribution in [1.29, 1.82) is 0 Å². The summed E-state index contributed by atoms with van der Waals surface area (Å²) >= 11 is 9.95. The molecule has 1 heterocycles.